The van der Waals surface area contributed by atoms with Gasteiger partial charge in [0.25, 0.3) is 0 Å². The van der Waals surface area contributed by atoms with Gasteiger partial charge in [0, 0.05) is 6.20 Å². The standard InChI is InChI=1S/C8H13N3O4S/c1-15-8(12)3-5-16(13,14)10-6-7-2-4-9-11-7/h2,4,10H,3,5-6H2,1H3,(H,9,11). The molecule has 1 aromatic heterocycles. The Morgan fingerprint density at radius 1 is 1.62 bits per heavy atom. The average Bonchev–Trinajstić information content (AvgIpc) is 2.76. The van der Waals surface area contributed by atoms with Crippen LogP contribution >= 0.6 is 0 Å². The van der Waals surface area contributed by atoms with Gasteiger partial charge in [0.05, 0.1) is 31.5 Å². The fourth-order valence-electron chi connectivity index (χ4n) is 0.963. The van der Waals surface area contributed by atoms with Crippen molar-refractivity contribution in [1.29, 1.82) is 0 Å². The summed E-state index contributed by atoms with van der Waals surface area (Å²) in [5.74, 6) is -0.833. The van der Waals surface area contributed by atoms with Crippen LogP contribution in [0.25, 0.3) is 0 Å². The summed E-state index contributed by atoms with van der Waals surface area (Å²) in [5.41, 5.74) is 0.654. The number of methoxy groups -OCH3 is 1. The summed E-state index contributed by atoms with van der Waals surface area (Å²) in [7, 11) is -2.25. The van der Waals surface area contributed by atoms with Crippen LogP contribution < -0.4 is 4.72 Å². The van der Waals surface area contributed by atoms with E-state index < -0.39 is 16.0 Å². The van der Waals surface area contributed by atoms with Crippen molar-refractivity contribution < 1.29 is 17.9 Å². The maximum absolute atomic E-state index is 11.4. The van der Waals surface area contributed by atoms with E-state index in [2.05, 4.69) is 19.7 Å². The van der Waals surface area contributed by atoms with Crippen LogP contribution in [0.2, 0.25) is 0 Å². The summed E-state index contributed by atoms with van der Waals surface area (Å²) >= 11 is 0. The van der Waals surface area contributed by atoms with Gasteiger partial charge in [-0.15, -0.1) is 0 Å². The van der Waals surface area contributed by atoms with Gasteiger partial charge in [0.1, 0.15) is 0 Å². The van der Waals surface area contributed by atoms with Crippen molar-refractivity contribution in [2.75, 3.05) is 12.9 Å². The number of esters is 1. The number of nitrogens with one attached hydrogen (secondary N) is 2. The first-order valence-electron chi connectivity index (χ1n) is 4.56. The summed E-state index contributed by atoms with van der Waals surface area (Å²) in [6.07, 6.45) is 1.37. The van der Waals surface area contributed by atoms with Crippen LogP contribution in [0, 0.1) is 0 Å². The minimum atomic E-state index is -3.46. The molecule has 2 N–H and O–H groups in total. The highest BCUT2D eigenvalue weighted by molar-refractivity contribution is 7.89. The second-order valence-corrected chi connectivity index (χ2v) is 4.97. The lowest BCUT2D eigenvalue weighted by Gasteiger charge is -2.04. The molecule has 1 rings (SSSR count). The number of carbonyl (C=O) groups is 1. The normalized spacial score (nSPS) is 11.3. The van der Waals surface area contributed by atoms with Crippen LogP contribution in [0.5, 0.6) is 0 Å². The van der Waals surface area contributed by atoms with Gasteiger partial charge < -0.3 is 4.74 Å². The van der Waals surface area contributed by atoms with Crippen LogP contribution in [0.15, 0.2) is 12.3 Å². The Bertz CT molecular complexity index is 426. The molecule has 0 bridgehead atoms. The molecule has 1 heterocycles. The first kappa shape index (κ1) is 12.7. The van der Waals surface area contributed by atoms with E-state index in [1.165, 1.54) is 13.3 Å². The second kappa shape index (κ2) is 5.61. The Kier molecular flexibility index (Phi) is 4.44. The van der Waals surface area contributed by atoms with Crippen LogP contribution in [-0.2, 0) is 26.1 Å². The van der Waals surface area contributed by atoms with Crippen LogP contribution in [0.3, 0.4) is 0 Å². The molecule has 8 heteroatoms. The minimum absolute atomic E-state index is 0.128. The molecule has 0 aliphatic heterocycles. The van der Waals surface area contributed by atoms with Crippen molar-refractivity contribution in [3.05, 3.63) is 18.0 Å². The van der Waals surface area contributed by atoms with Gasteiger partial charge in [0.15, 0.2) is 0 Å². The van der Waals surface area contributed by atoms with Gasteiger partial charge in [-0.2, -0.15) is 5.10 Å². The minimum Gasteiger partial charge on any atom is -0.469 e. The molecule has 0 atom stereocenters. The van der Waals surface area contributed by atoms with E-state index in [1.807, 2.05) is 0 Å². The number of H-pyrrole nitrogens is 1. The smallest absolute Gasteiger partial charge is 0.306 e. The third-order valence-corrected chi connectivity index (χ3v) is 3.17. The molecule has 7 nitrogen and oxygen atoms in total. The lowest BCUT2D eigenvalue weighted by molar-refractivity contribution is -0.140. The van der Waals surface area contributed by atoms with Crippen molar-refractivity contribution in [2.45, 2.75) is 13.0 Å². The van der Waals surface area contributed by atoms with Crippen molar-refractivity contribution >= 4 is 16.0 Å². The lowest BCUT2D eigenvalue weighted by Crippen LogP contribution is -2.27. The molecule has 1 aromatic rings. The number of carbonyl (C=O) groups excluding carboxylic acids is 1. The number of aromatic amines is 1. The van der Waals surface area contributed by atoms with E-state index in [-0.39, 0.29) is 18.7 Å². The molecule has 0 radical (unpaired) electrons. The Labute approximate surface area is 93.2 Å². The predicted octanol–water partition coefficient (Wildman–Crippen LogP) is -0.608. The topological polar surface area (TPSA) is 101 Å². The number of rotatable bonds is 6. The fourth-order valence-corrected chi connectivity index (χ4v) is 1.92. The summed E-state index contributed by atoms with van der Waals surface area (Å²) in [5, 5.41) is 6.29. The maximum Gasteiger partial charge on any atom is 0.306 e. The van der Waals surface area contributed by atoms with Crippen molar-refractivity contribution in [3.8, 4) is 0 Å². The third kappa shape index (κ3) is 4.41. The molecular weight excluding hydrogens is 234 g/mol. The second-order valence-electron chi connectivity index (χ2n) is 3.05. The first-order valence-corrected chi connectivity index (χ1v) is 6.21. The zero-order valence-corrected chi connectivity index (χ0v) is 9.58. The number of sulfonamides is 1. The quantitative estimate of drug-likeness (QED) is 0.653. The molecule has 0 unspecified atom stereocenters. The zero-order chi connectivity index (χ0) is 12.0. The zero-order valence-electron chi connectivity index (χ0n) is 8.76. The maximum atomic E-state index is 11.4. The van der Waals surface area contributed by atoms with E-state index in [1.54, 1.807) is 6.07 Å². The van der Waals surface area contributed by atoms with Crippen LogP contribution in [0.4, 0.5) is 0 Å². The van der Waals surface area contributed by atoms with Crippen molar-refractivity contribution in [3.63, 3.8) is 0 Å². The Balaban J connectivity index is 2.37. The highest BCUT2D eigenvalue weighted by Gasteiger charge is 2.13. The molecule has 0 aromatic carbocycles. The number of hydrogen-bond acceptors (Lipinski definition) is 5. The van der Waals surface area contributed by atoms with Crippen molar-refractivity contribution in [1.82, 2.24) is 14.9 Å². The van der Waals surface area contributed by atoms with Gasteiger partial charge in [0.2, 0.25) is 10.0 Å². The number of nitrogens with zero attached hydrogens (tertiary/aromatic N) is 1. The van der Waals surface area contributed by atoms with Gasteiger partial charge >= 0.3 is 5.97 Å². The molecule has 0 amide bonds. The van der Waals surface area contributed by atoms with Crippen LogP contribution in [-0.4, -0.2) is 37.4 Å². The van der Waals surface area contributed by atoms with Gasteiger partial charge in [-0.05, 0) is 6.07 Å². The summed E-state index contributed by atoms with van der Waals surface area (Å²) in [4.78, 5) is 10.8. The molecule has 0 aliphatic carbocycles. The summed E-state index contributed by atoms with van der Waals surface area (Å²) < 4.78 is 29.5. The van der Waals surface area contributed by atoms with Gasteiger partial charge in [-0.25, -0.2) is 13.1 Å². The molecule has 0 saturated carbocycles. The summed E-state index contributed by atoms with van der Waals surface area (Å²) in [6, 6.07) is 1.66. The van der Waals surface area contributed by atoms with Gasteiger partial charge in [-0.1, -0.05) is 0 Å². The average molecular weight is 247 g/mol. The van der Waals surface area contributed by atoms with E-state index in [0.29, 0.717) is 5.69 Å². The SMILES string of the molecule is COC(=O)CCS(=O)(=O)NCc1ccn[nH]1. The molecule has 0 fully saturated rings. The Hall–Kier alpha value is -1.41. The largest absolute Gasteiger partial charge is 0.469 e. The Morgan fingerprint density at radius 3 is 2.94 bits per heavy atom. The van der Waals surface area contributed by atoms with Crippen LogP contribution in [0.1, 0.15) is 12.1 Å². The molecule has 0 aliphatic rings. The summed E-state index contributed by atoms with van der Waals surface area (Å²) in [6.45, 7) is 0.128. The fraction of sp³-hybridized carbons (Fsp3) is 0.500. The van der Waals surface area contributed by atoms with Gasteiger partial charge in [-0.3, -0.25) is 9.89 Å². The highest BCUT2D eigenvalue weighted by atomic mass is 32.2. The van der Waals surface area contributed by atoms with E-state index >= 15 is 0 Å². The Morgan fingerprint density at radius 2 is 2.38 bits per heavy atom. The number of ether oxygens (including phenoxy) is 1. The molecule has 0 spiro atoms. The van der Waals surface area contributed by atoms with E-state index in [0.717, 1.165) is 0 Å². The monoisotopic (exact) mass is 247 g/mol. The molecule has 16 heavy (non-hydrogen) atoms. The molecule has 90 valence electrons. The number of aromatic nitrogens is 2. The van der Waals surface area contributed by atoms with E-state index in [4.69, 9.17) is 0 Å². The highest BCUT2D eigenvalue weighted by Crippen LogP contribution is 1.96. The van der Waals surface area contributed by atoms with E-state index in [9.17, 15) is 13.2 Å². The molecular formula is C8H13N3O4S. The lowest BCUT2D eigenvalue weighted by atomic mass is 10.4. The first-order chi connectivity index (χ1) is 7.53. The number of hydrogen-bond donors (Lipinski definition) is 2. The third-order valence-electron chi connectivity index (χ3n) is 1.84. The van der Waals surface area contributed by atoms with Crippen molar-refractivity contribution in [2.24, 2.45) is 0 Å². The predicted molar refractivity (Wildman–Crippen MR) is 55.8 cm³/mol. The molecule has 0 saturated heterocycles.